The average molecular weight is 157 g/mol. The van der Waals surface area contributed by atoms with E-state index >= 15 is 0 Å². The monoisotopic (exact) mass is 157 g/mol. The second kappa shape index (κ2) is 4.49. The summed E-state index contributed by atoms with van der Waals surface area (Å²) in [7, 11) is 0. The summed E-state index contributed by atoms with van der Waals surface area (Å²) < 4.78 is 4.51. The second-order valence-electron chi connectivity index (χ2n) is 1.87. The van der Waals surface area contributed by atoms with E-state index in [4.69, 9.17) is 0 Å². The number of hydrogen-bond donors (Lipinski definition) is 0. The Labute approximate surface area is 64.5 Å². The molecule has 0 aromatic heterocycles. The third kappa shape index (κ3) is 4.13. The molecule has 0 saturated carbocycles. The van der Waals surface area contributed by atoms with Gasteiger partial charge in [0.15, 0.2) is 0 Å². The van der Waals surface area contributed by atoms with E-state index in [1.54, 1.807) is 6.92 Å². The number of rotatable bonds is 3. The molecule has 0 amide bonds. The molecule has 0 atom stereocenters. The van der Waals surface area contributed by atoms with Crippen LogP contribution < -0.4 is 5.11 Å². The molecule has 0 aromatic carbocycles. The summed E-state index contributed by atoms with van der Waals surface area (Å²) in [4.78, 5) is 20.6. The summed E-state index contributed by atoms with van der Waals surface area (Å²) >= 11 is 0. The van der Waals surface area contributed by atoms with Gasteiger partial charge in [-0.2, -0.15) is 0 Å². The van der Waals surface area contributed by atoms with Crippen LogP contribution in [-0.4, -0.2) is 18.5 Å². The van der Waals surface area contributed by atoms with Crippen molar-refractivity contribution in [1.82, 2.24) is 0 Å². The predicted molar refractivity (Wildman–Crippen MR) is 35.4 cm³/mol. The molecule has 0 N–H and O–H groups in total. The minimum atomic E-state index is -1.39. The zero-order valence-corrected chi connectivity index (χ0v) is 6.42. The molecule has 0 fully saturated rings. The van der Waals surface area contributed by atoms with Crippen LogP contribution in [0.4, 0.5) is 0 Å². The van der Waals surface area contributed by atoms with E-state index in [0.29, 0.717) is 6.08 Å². The largest absolute Gasteiger partial charge is 0.545 e. The van der Waals surface area contributed by atoms with Crippen molar-refractivity contribution in [2.24, 2.45) is 0 Å². The number of carbonyl (C=O) groups excluding carboxylic acids is 2. The van der Waals surface area contributed by atoms with Crippen molar-refractivity contribution >= 4 is 11.9 Å². The van der Waals surface area contributed by atoms with Gasteiger partial charge in [0.05, 0.1) is 12.6 Å². The average Bonchev–Trinajstić information content (AvgIpc) is 1.86. The van der Waals surface area contributed by atoms with E-state index in [0.717, 1.165) is 0 Å². The van der Waals surface area contributed by atoms with E-state index in [2.05, 4.69) is 4.74 Å². The maximum Gasteiger partial charge on any atom is 0.333 e. The summed E-state index contributed by atoms with van der Waals surface area (Å²) in [6.45, 7) is 3.23. The van der Waals surface area contributed by atoms with Gasteiger partial charge in [0, 0.05) is 5.57 Å². The first-order valence-corrected chi connectivity index (χ1v) is 3.14. The molecule has 62 valence electrons. The molecule has 4 heteroatoms. The number of ether oxygens (including phenoxy) is 1. The van der Waals surface area contributed by atoms with Crippen LogP contribution >= 0.6 is 0 Å². The summed E-state index contributed by atoms with van der Waals surface area (Å²) in [6.07, 6.45) is 0.706. The Balaban J connectivity index is 4.12. The van der Waals surface area contributed by atoms with Crippen molar-refractivity contribution in [3.05, 3.63) is 11.6 Å². The molecule has 0 radical (unpaired) electrons. The fourth-order valence-corrected chi connectivity index (χ4v) is 0.481. The summed E-state index contributed by atoms with van der Waals surface area (Å²) in [5.74, 6) is -2.02. The second-order valence-corrected chi connectivity index (χ2v) is 1.87. The van der Waals surface area contributed by atoms with Gasteiger partial charge in [-0.1, -0.05) is 0 Å². The van der Waals surface area contributed by atoms with E-state index in [-0.39, 0.29) is 12.2 Å². The summed E-state index contributed by atoms with van der Waals surface area (Å²) in [6, 6.07) is 0. The number of hydrogen-bond acceptors (Lipinski definition) is 4. The molecular weight excluding hydrogens is 148 g/mol. The van der Waals surface area contributed by atoms with Crippen LogP contribution in [0.2, 0.25) is 0 Å². The lowest BCUT2D eigenvalue weighted by Crippen LogP contribution is -2.20. The van der Waals surface area contributed by atoms with Gasteiger partial charge in [-0.15, -0.1) is 0 Å². The maximum absolute atomic E-state index is 10.7. The molecule has 0 rings (SSSR count). The van der Waals surface area contributed by atoms with Gasteiger partial charge < -0.3 is 14.6 Å². The van der Waals surface area contributed by atoms with Gasteiger partial charge in [-0.05, 0) is 19.9 Å². The standard InChI is InChI=1S/C7H10O4/c1-3-11-7(10)5(2)4-6(8)9/h4H,3H2,1-2H3,(H,8,9)/p-1/b5-4+. The highest BCUT2D eigenvalue weighted by atomic mass is 16.5. The van der Waals surface area contributed by atoms with Gasteiger partial charge in [0.1, 0.15) is 0 Å². The van der Waals surface area contributed by atoms with E-state index < -0.39 is 11.9 Å². The topological polar surface area (TPSA) is 66.4 Å². The molecule has 0 spiro atoms. The number of carboxylic acid groups (broad SMARTS) is 1. The van der Waals surface area contributed by atoms with Crippen LogP contribution in [0.3, 0.4) is 0 Å². The van der Waals surface area contributed by atoms with E-state index in [1.165, 1.54) is 6.92 Å². The first-order chi connectivity index (χ1) is 5.07. The molecule has 0 aliphatic rings. The third-order valence-electron chi connectivity index (χ3n) is 0.932. The Morgan fingerprint density at radius 1 is 1.55 bits per heavy atom. The molecular formula is C7H9O4-. The Morgan fingerprint density at radius 2 is 2.09 bits per heavy atom. The number of carboxylic acids is 1. The van der Waals surface area contributed by atoms with Crippen molar-refractivity contribution < 1.29 is 19.4 Å². The Bertz CT molecular complexity index is 193. The number of carbonyl (C=O) groups is 2. The Hall–Kier alpha value is -1.32. The SMILES string of the molecule is CCOC(=O)/C(C)=C/C(=O)[O-]. The smallest absolute Gasteiger partial charge is 0.333 e. The van der Waals surface area contributed by atoms with Gasteiger partial charge in [-0.3, -0.25) is 0 Å². The lowest BCUT2D eigenvalue weighted by atomic mass is 10.3. The highest BCUT2D eigenvalue weighted by Crippen LogP contribution is 1.94. The zero-order valence-electron chi connectivity index (χ0n) is 6.42. The van der Waals surface area contributed by atoms with Crippen LogP contribution in [0.25, 0.3) is 0 Å². The van der Waals surface area contributed by atoms with Crippen LogP contribution in [0.15, 0.2) is 11.6 Å². The zero-order chi connectivity index (χ0) is 8.85. The highest BCUT2D eigenvalue weighted by Gasteiger charge is 2.02. The van der Waals surface area contributed by atoms with Crippen LogP contribution in [0.1, 0.15) is 13.8 Å². The maximum atomic E-state index is 10.7. The van der Waals surface area contributed by atoms with Crippen molar-refractivity contribution in [2.75, 3.05) is 6.61 Å². The lowest BCUT2D eigenvalue weighted by molar-refractivity contribution is -0.297. The summed E-state index contributed by atoms with van der Waals surface area (Å²) in [5, 5.41) is 9.92. The van der Waals surface area contributed by atoms with Gasteiger partial charge in [0.25, 0.3) is 0 Å². The molecule has 0 aliphatic carbocycles. The normalized spacial score (nSPS) is 10.9. The fourth-order valence-electron chi connectivity index (χ4n) is 0.481. The molecule has 0 bridgehead atoms. The van der Waals surface area contributed by atoms with Crippen LogP contribution in [-0.2, 0) is 14.3 Å². The van der Waals surface area contributed by atoms with E-state index in [1.807, 2.05) is 0 Å². The summed E-state index contributed by atoms with van der Waals surface area (Å²) in [5.41, 5.74) is 0.0341. The van der Waals surface area contributed by atoms with Gasteiger partial charge in [-0.25, -0.2) is 4.79 Å². The third-order valence-corrected chi connectivity index (χ3v) is 0.932. The molecule has 11 heavy (non-hydrogen) atoms. The Kier molecular flexibility index (Phi) is 3.95. The molecule has 0 unspecified atom stereocenters. The van der Waals surface area contributed by atoms with Gasteiger partial charge in [0.2, 0.25) is 0 Å². The minimum Gasteiger partial charge on any atom is -0.545 e. The fraction of sp³-hybridized carbons (Fsp3) is 0.429. The van der Waals surface area contributed by atoms with Crippen molar-refractivity contribution in [3.8, 4) is 0 Å². The molecule has 4 nitrogen and oxygen atoms in total. The van der Waals surface area contributed by atoms with E-state index in [9.17, 15) is 14.7 Å². The van der Waals surface area contributed by atoms with Crippen molar-refractivity contribution in [2.45, 2.75) is 13.8 Å². The van der Waals surface area contributed by atoms with Crippen molar-refractivity contribution in [1.29, 1.82) is 0 Å². The number of esters is 1. The lowest BCUT2D eigenvalue weighted by Gasteiger charge is -2.00. The van der Waals surface area contributed by atoms with Gasteiger partial charge >= 0.3 is 5.97 Å². The first-order valence-electron chi connectivity index (χ1n) is 3.14. The minimum absolute atomic E-state index is 0.0341. The predicted octanol–water partition coefficient (Wildman–Crippen LogP) is -0.754. The molecule has 0 heterocycles. The number of aliphatic carboxylic acids is 1. The Morgan fingerprint density at radius 3 is 2.45 bits per heavy atom. The van der Waals surface area contributed by atoms with Crippen LogP contribution in [0.5, 0.6) is 0 Å². The highest BCUT2D eigenvalue weighted by molar-refractivity contribution is 5.94. The first kappa shape index (κ1) is 9.68. The quantitative estimate of drug-likeness (QED) is 0.399. The van der Waals surface area contributed by atoms with Crippen molar-refractivity contribution in [3.63, 3.8) is 0 Å². The van der Waals surface area contributed by atoms with Crippen LogP contribution in [0, 0.1) is 0 Å². The molecule has 0 saturated heterocycles. The molecule has 0 aliphatic heterocycles. The molecule has 0 aromatic rings.